The molecule has 25 heavy (non-hydrogen) atoms. The molecule has 134 valence electrons. The zero-order valence-electron chi connectivity index (χ0n) is 12.8. The number of nitrogens with one attached hydrogen (secondary N) is 1. The molecule has 0 aliphatic carbocycles. The Hall–Kier alpha value is -2.63. The number of carbonyl (C=O) groups is 1. The molecular formula is C13H12F3N5O3S. The first-order valence-corrected chi connectivity index (χ1v) is 8.62. The van der Waals surface area contributed by atoms with Gasteiger partial charge in [0, 0.05) is 11.8 Å². The molecule has 0 saturated carbocycles. The maximum Gasteiger partial charge on any atom is 0.416 e. The molecular weight excluding hydrogens is 363 g/mol. The highest BCUT2D eigenvalue weighted by atomic mass is 32.2. The number of hydrogen-bond donors (Lipinski definition) is 1. The van der Waals surface area contributed by atoms with Crippen molar-refractivity contribution in [3.8, 4) is 11.4 Å². The number of amides is 1. The van der Waals surface area contributed by atoms with Crippen LogP contribution in [0.15, 0.2) is 34.5 Å². The second-order valence-corrected chi connectivity index (χ2v) is 7.12. The summed E-state index contributed by atoms with van der Waals surface area (Å²) in [6.45, 7) is 0.0338. The molecule has 1 amide bonds. The highest BCUT2D eigenvalue weighted by Crippen LogP contribution is 2.33. The predicted octanol–water partition coefficient (Wildman–Crippen LogP) is 2.32. The van der Waals surface area contributed by atoms with Crippen molar-refractivity contribution in [2.24, 2.45) is 5.11 Å². The SMILES string of the molecule is CS(=O)(=O)c1cc(-c2ncn(CCC(=O)N=N)n2)cc(C(F)(F)F)c1. The number of aryl methyl sites for hydroxylation is 1. The second kappa shape index (κ2) is 6.70. The third kappa shape index (κ3) is 4.68. The Balaban J connectivity index is 2.43. The summed E-state index contributed by atoms with van der Waals surface area (Å²) in [4.78, 5) is 14.3. The molecule has 1 heterocycles. The Morgan fingerprint density at radius 1 is 1.32 bits per heavy atom. The quantitative estimate of drug-likeness (QED) is 0.805. The Labute approximate surface area is 140 Å². The van der Waals surface area contributed by atoms with Crippen molar-refractivity contribution in [2.75, 3.05) is 6.26 Å². The molecule has 0 unspecified atom stereocenters. The average molecular weight is 375 g/mol. The highest BCUT2D eigenvalue weighted by molar-refractivity contribution is 7.90. The van der Waals surface area contributed by atoms with E-state index in [2.05, 4.69) is 15.2 Å². The van der Waals surface area contributed by atoms with E-state index < -0.39 is 32.4 Å². The number of hydrogen-bond acceptors (Lipinski definition) is 6. The summed E-state index contributed by atoms with van der Waals surface area (Å²) in [5.74, 6) is -0.804. The highest BCUT2D eigenvalue weighted by Gasteiger charge is 2.32. The van der Waals surface area contributed by atoms with Crippen LogP contribution < -0.4 is 0 Å². The number of nitrogens with zero attached hydrogens (tertiary/aromatic N) is 4. The number of sulfone groups is 1. The van der Waals surface area contributed by atoms with E-state index in [9.17, 15) is 26.4 Å². The van der Waals surface area contributed by atoms with Crippen molar-refractivity contribution in [3.63, 3.8) is 0 Å². The fourth-order valence-electron chi connectivity index (χ4n) is 1.91. The Bertz CT molecular complexity index is 921. The Morgan fingerprint density at radius 3 is 2.56 bits per heavy atom. The Kier molecular flexibility index (Phi) is 5.02. The summed E-state index contributed by atoms with van der Waals surface area (Å²) >= 11 is 0. The standard InChI is InChI=1S/C13H12F3N5O3S/c1-25(23,24)10-5-8(4-9(6-10)13(14,15)16)12-18-7-21(20-12)3-2-11(22)19-17/h4-7,17H,2-3H2,1H3. The molecule has 0 radical (unpaired) electrons. The van der Waals surface area contributed by atoms with Crippen LogP contribution in [0.3, 0.4) is 0 Å². The Morgan fingerprint density at radius 2 is 2.00 bits per heavy atom. The molecule has 0 fully saturated rings. The van der Waals surface area contributed by atoms with Crippen LogP contribution in [0.2, 0.25) is 0 Å². The third-order valence-electron chi connectivity index (χ3n) is 3.14. The van der Waals surface area contributed by atoms with E-state index in [0.717, 1.165) is 18.4 Å². The lowest BCUT2D eigenvalue weighted by atomic mass is 10.1. The summed E-state index contributed by atoms with van der Waals surface area (Å²) < 4.78 is 63.5. The van der Waals surface area contributed by atoms with Crippen molar-refractivity contribution in [1.29, 1.82) is 5.53 Å². The molecule has 0 bridgehead atoms. The topological polar surface area (TPSA) is 118 Å². The van der Waals surface area contributed by atoms with Crippen molar-refractivity contribution in [1.82, 2.24) is 14.8 Å². The molecule has 0 spiro atoms. The second-order valence-electron chi connectivity index (χ2n) is 5.10. The summed E-state index contributed by atoms with van der Waals surface area (Å²) in [5.41, 5.74) is 5.29. The van der Waals surface area contributed by atoms with Gasteiger partial charge in [0.1, 0.15) is 6.33 Å². The summed E-state index contributed by atoms with van der Waals surface area (Å²) in [5, 5.41) is 6.63. The van der Waals surface area contributed by atoms with Gasteiger partial charge in [-0.3, -0.25) is 9.48 Å². The molecule has 8 nitrogen and oxygen atoms in total. The van der Waals surface area contributed by atoms with Crippen molar-refractivity contribution in [2.45, 2.75) is 24.0 Å². The molecule has 12 heteroatoms. The van der Waals surface area contributed by atoms with E-state index in [1.807, 2.05) is 0 Å². The largest absolute Gasteiger partial charge is 0.416 e. The first-order valence-electron chi connectivity index (χ1n) is 6.73. The minimum Gasteiger partial charge on any atom is -0.271 e. The summed E-state index contributed by atoms with van der Waals surface area (Å²) in [6.07, 6.45) is -2.87. The lowest BCUT2D eigenvalue weighted by Gasteiger charge is -2.10. The van der Waals surface area contributed by atoms with Gasteiger partial charge in [-0.1, -0.05) is 0 Å². The molecule has 2 aromatic rings. The lowest BCUT2D eigenvalue weighted by molar-refractivity contribution is -0.137. The molecule has 0 aliphatic heterocycles. The smallest absolute Gasteiger partial charge is 0.271 e. The van der Waals surface area contributed by atoms with Gasteiger partial charge in [0.25, 0.3) is 5.91 Å². The summed E-state index contributed by atoms with van der Waals surface area (Å²) in [7, 11) is -3.87. The maximum absolute atomic E-state index is 13.0. The van der Waals surface area contributed by atoms with Gasteiger partial charge in [0.05, 0.1) is 23.4 Å². The van der Waals surface area contributed by atoms with Crippen LogP contribution >= 0.6 is 0 Å². The maximum atomic E-state index is 13.0. The van der Waals surface area contributed by atoms with E-state index in [1.165, 1.54) is 11.0 Å². The third-order valence-corrected chi connectivity index (χ3v) is 4.23. The molecule has 1 aromatic heterocycles. The fraction of sp³-hybridized carbons (Fsp3) is 0.308. The first kappa shape index (κ1) is 18.7. The van der Waals surface area contributed by atoms with Crippen LogP contribution in [0.1, 0.15) is 12.0 Å². The number of aromatic nitrogens is 3. The number of benzene rings is 1. The van der Waals surface area contributed by atoms with Crippen molar-refractivity contribution in [3.05, 3.63) is 30.1 Å². The molecule has 0 saturated heterocycles. The van der Waals surface area contributed by atoms with Gasteiger partial charge in [0.15, 0.2) is 15.7 Å². The van der Waals surface area contributed by atoms with Gasteiger partial charge in [0.2, 0.25) is 0 Å². The zero-order chi connectivity index (χ0) is 18.8. The lowest BCUT2D eigenvalue weighted by Crippen LogP contribution is -2.08. The molecule has 0 atom stereocenters. The normalized spacial score (nSPS) is 12.2. The van der Waals surface area contributed by atoms with Gasteiger partial charge >= 0.3 is 6.18 Å². The van der Waals surface area contributed by atoms with E-state index in [1.54, 1.807) is 0 Å². The minimum atomic E-state index is -4.74. The van der Waals surface area contributed by atoms with Crippen molar-refractivity contribution >= 4 is 15.7 Å². The van der Waals surface area contributed by atoms with E-state index in [0.29, 0.717) is 6.07 Å². The van der Waals surface area contributed by atoms with E-state index in [-0.39, 0.29) is 24.4 Å². The fourth-order valence-corrected chi connectivity index (χ4v) is 2.59. The van der Waals surface area contributed by atoms with Crippen LogP contribution in [-0.4, -0.2) is 35.3 Å². The zero-order valence-corrected chi connectivity index (χ0v) is 13.6. The minimum absolute atomic E-state index is 0.0338. The predicted molar refractivity (Wildman–Crippen MR) is 78.3 cm³/mol. The van der Waals surface area contributed by atoms with Crippen LogP contribution in [0.25, 0.3) is 11.4 Å². The van der Waals surface area contributed by atoms with Crippen LogP contribution in [-0.2, 0) is 27.4 Å². The van der Waals surface area contributed by atoms with Gasteiger partial charge in [-0.25, -0.2) is 18.9 Å². The van der Waals surface area contributed by atoms with E-state index >= 15 is 0 Å². The summed E-state index contributed by atoms with van der Waals surface area (Å²) in [6, 6.07) is 2.34. The van der Waals surface area contributed by atoms with Crippen LogP contribution in [0.4, 0.5) is 13.2 Å². The molecule has 2 rings (SSSR count). The monoisotopic (exact) mass is 375 g/mol. The average Bonchev–Trinajstić information content (AvgIpc) is 2.99. The number of rotatable bonds is 5. The van der Waals surface area contributed by atoms with Gasteiger partial charge in [-0.05, 0) is 18.2 Å². The van der Waals surface area contributed by atoms with Gasteiger partial charge in [-0.2, -0.15) is 18.3 Å². The number of halogens is 3. The molecule has 1 aromatic carbocycles. The van der Waals surface area contributed by atoms with Crippen LogP contribution in [0, 0.1) is 5.53 Å². The first-order chi connectivity index (χ1) is 11.5. The molecule has 1 N–H and O–H groups in total. The molecule has 0 aliphatic rings. The van der Waals surface area contributed by atoms with Crippen molar-refractivity contribution < 1.29 is 26.4 Å². The van der Waals surface area contributed by atoms with E-state index in [4.69, 9.17) is 5.53 Å². The van der Waals surface area contributed by atoms with Gasteiger partial charge in [-0.15, -0.1) is 5.11 Å². The van der Waals surface area contributed by atoms with Gasteiger partial charge < -0.3 is 0 Å². The number of carbonyl (C=O) groups excluding carboxylic acids is 1. The van der Waals surface area contributed by atoms with Crippen LogP contribution in [0.5, 0.6) is 0 Å². The number of alkyl halides is 3.